The van der Waals surface area contributed by atoms with Crippen molar-refractivity contribution in [2.75, 3.05) is 0 Å². The van der Waals surface area contributed by atoms with Gasteiger partial charge in [-0.25, -0.2) is 0 Å². The number of fused-ring (bicyclic) bond motifs is 6. The van der Waals surface area contributed by atoms with Crippen molar-refractivity contribution in [3.05, 3.63) is 258 Å². The Labute approximate surface area is 385 Å². The van der Waals surface area contributed by atoms with Crippen LogP contribution < -0.4 is 20.7 Å². The highest BCUT2D eigenvalue weighted by atomic mass is 28.3. The molecule has 1 heterocycles. The van der Waals surface area contributed by atoms with E-state index in [-0.39, 0.29) is 10.8 Å². The molecule has 0 atom stereocenters. The van der Waals surface area contributed by atoms with Crippen molar-refractivity contribution in [2.45, 2.75) is 57.8 Å². The first kappa shape index (κ1) is 40.8. The normalized spacial score (nSPS) is 13.5. The third-order valence-electron chi connectivity index (χ3n) is 14.4. The van der Waals surface area contributed by atoms with E-state index in [1.807, 2.05) is 0 Å². The molecule has 1 aliphatic rings. The molecule has 1 nitrogen and oxygen atoms in total. The summed E-state index contributed by atoms with van der Waals surface area (Å²) in [5, 5.41) is 8.04. The topological polar surface area (TPSA) is 4.93 Å². The molecule has 0 radical (unpaired) electrons. The molecule has 10 aromatic rings. The highest BCUT2D eigenvalue weighted by Gasteiger charge is 2.48. The van der Waals surface area contributed by atoms with Crippen LogP contribution in [0.2, 0.25) is 0 Å². The van der Waals surface area contributed by atoms with Crippen LogP contribution in [-0.4, -0.2) is 12.6 Å². The van der Waals surface area contributed by atoms with Crippen molar-refractivity contribution >= 4 is 50.6 Å². The van der Waals surface area contributed by atoms with Crippen molar-refractivity contribution in [2.24, 2.45) is 0 Å². The highest BCUT2D eigenvalue weighted by Crippen LogP contribution is 2.57. The van der Waals surface area contributed by atoms with Crippen LogP contribution in [0.1, 0.15) is 74.9 Å². The minimum absolute atomic E-state index is 0.0391. The molecule has 1 aromatic heterocycles. The Bertz CT molecular complexity index is 3130. The number of rotatable bonds is 7. The van der Waals surface area contributed by atoms with Gasteiger partial charge in [0.25, 0.3) is 0 Å². The predicted molar refractivity (Wildman–Crippen MR) is 279 cm³/mol. The summed E-state index contributed by atoms with van der Waals surface area (Å²) in [5.41, 5.74) is 13.5. The van der Waals surface area contributed by atoms with Gasteiger partial charge in [0.15, 0.2) is 8.07 Å². The Morgan fingerprint density at radius 1 is 0.354 bits per heavy atom. The Kier molecular flexibility index (Phi) is 9.61. The zero-order chi connectivity index (χ0) is 44.6. The van der Waals surface area contributed by atoms with Gasteiger partial charge in [0.2, 0.25) is 0 Å². The molecule has 0 saturated carbocycles. The van der Waals surface area contributed by atoms with Gasteiger partial charge < -0.3 is 4.57 Å². The summed E-state index contributed by atoms with van der Waals surface area (Å²) < 4.78 is 2.43. The second kappa shape index (κ2) is 15.3. The molecular formula is C63H55NSi. The largest absolute Gasteiger partial charge is 0.309 e. The maximum absolute atomic E-state index is 2.76. The molecule has 65 heavy (non-hydrogen) atoms. The molecule has 0 amide bonds. The standard InChI is InChI=1S/C63H55NSi/c1-61(2,3)46-34-40-53-54-41-35-47(62(4,5)6)43-58(54)63(57(53)42-46,44-30-36-48(37-31-44)64-59-28-18-16-26-55(59)56-27-17-19-29-60(56)64)45-32-38-52(39-33-45)65(49-20-10-7-11-21-49,50-22-12-8-13-23-50)51-24-14-9-15-25-51/h7-43H,1-6H3. The molecule has 0 bridgehead atoms. The Morgan fingerprint density at radius 3 is 1.11 bits per heavy atom. The average Bonchev–Trinajstić information content (AvgIpc) is 3.83. The number of aromatic nitrogens is 1. The number of para-hydroxylation sites is 2. The van der Waals surface area contributed by atoms with Crippen LogP contribution in [0.3, 0.4) is 0 Å². The first-order valence-corrected chi connectivity index (χ1v) is 25.2. The summed E-state index contributed by atoms with van der Waals surface area (Å²) >= 11 is 0. The molecule has 0 spiro atoms. The fraction of sp³-hybridized carbons (Fsp3) is 0.143. The Hall–Kier alpha value is -7.00. The molecule has 11 rings (SSSR count). The first-order valence-electron chi connectivity index (χ1n) is 23.2. The smallest absolute Gasteiger partial charge is 0.179 e. The van der Waals surface area contributed by atoms with E-state index in [2.05, 4.69) is 271 Å². The maximum atomic E-state index is 2.54. The van der Waals surface area contributed by atoms with Gasteiger partial charge in [0.05, 0.1) is 16.4 Å². The third-order valence-corrected chi connectivity index (χ3v) is 19.2. The Balaban J connectivity index is 1.20. The fourth-order valence-corrected chi connectivity index (χ4v) is 15.9. The molecule has 316 valence electrons. The van der Waals surface area contributed by atoms with E-state index in [1.54, 1.807) is 0 Å². The van der Waals surface area contributed by atoms with Crippen LogP contribution in [-0.2, 0) is 16.2 Å². The van der Waals surface area contributed by atoms with Crippen molar-refractivity contribution < 1.29 is 0 Å². The monoisotopic (exact) mass is 853 g/mol. The van der Waals surface area contributed by atoms with Gasteiger partial charge in [0.1, 0.15) is 0 Å². The molecule has 1 aliphatic carbocycles. The fourth-order valence-electron chi connectivity index (χ4n) is 11.1. The van der Waals surface area contributed by atoms with Gasteiger partial charge >= 0.3 is 0 Å². The second-order valence-corrected chi connectivity index (χ2v) is 23.9. The summed E-state index contributed by atoms with van der Waals surface area (Å²) in [7, 11) is -2.76. The lowest BCUT2D eigenvalue weighted by molar-refractivity contribution is 0.586. The number of hydrogen-bond donors (Lipinski definition) is 0. The lowest BCUT2D eigenvalue weighted by atomic mass is 9.66. The van der Waals surface area contributed by atoms with E-state index in [9.17, 15) is 0 Å². The van der Waals surface area contributed by atoms with Gasteiger partial charge in [-0.3, -0.25) is 0 Å². The number of nitrogens with zero attached hydrogens (tertiary/aromatic N) is 1. The molecule has 9 aromatic carbocycles. The van der Waals surface area contributed by atoms with E-state index in [0.717, 1.165) is 5.69 Å². The van der Waals surface area contributed by atoms with E-state index in [4.69, 9.17) is 0 Å². The highest BCUT2D eigenvalue weighted by molar-refractivity contribution is 7.19. The van der Waals surface area contributed by atoms with Crippen LogP contribution >= 0.6 is 0 Å². The molecule has 2 heteroatoms. The molecule has 0 fully saturated rings. The van der Waals surface area contributed by atoms with Gasteiger partial charge in [-0.2, -0.15) is 0 Å². The predicted octanol–water partition coefficient (Wildman–Crippen LogP) is 13.1. The van der Waals surface area contributed by atoms with Crippen LogP contribution in [0, 0.1) is 0 Å². The van der Waals surface area contributed by atoms with Gasteiger partial charge in [0, 0.05) is 16.5 Å². The SMILES string of the molecule is CC(C)(C)c1ccc2c(c1)C(c1ccc(-n3c4ccccc4c4ccccc43)cc1)(c1ccc([Si](c3ccccc3)(c3ccccc3)c3ccccc3)cc1)c1cc(C(C)(C)C)ccc1-2. The van der Waals surface area contributed by atoms with Crippen LogP contribution in [0.15, 0.2) is 224 Å². The Morgan fingerprint density at radius 2 is 0.708 bits per heavy atom. The van der Waals surface area contributed by atoms with Crippen molar-refractivity contribution in [1.29, 1.82) is 0 Å². The summed E-state index contributed by atoms with van der Waals surface area (Å²) in [4.78, 5) is 0. The molecular weight excluding hydrogens is 799 g/mol. The van der Waals surface area contributed by atoms with Gasteiger partial charge in [-0.15, -0.1) is 0 Å². The zero-order valence-electron chi connectivity index (χ0n) is 38.3. The van der Waals surface area contributed by atoms with Crippen molar-refractivity contribution in [3.8, 4) is 16.8 Å². The van der Waals surface area contributed by atoms with Crippen LogP contribution in [0.4, 0.5) is 0 Å². The number of benzene rings is 9. The van der Waals surface area contributed by atoms with E-state index < -0.39 is 13.5 Å². The summed E-state index contributed by atoms with van der Waals surface area (Å²) in [6, 6.07) is 85.6. The minimum Gasteiger partial charge on any atom is -0.309 e. The van der Waals surface area contributed by atoms with E-state index in [0.29, 0.717) is 0 Å². The van der Waals surface area contributed by atoms with Crippen molar-refractivity contribution in [3.63, 3.8) is 0 Å². The van der Waals surface area contributed by atoms with Crippen molar-refractivity contribution in [1.82, 2.24) is 4.57 Å². The van der Waals surface area contributed by atoms with Gasteiger partial charge in [-0.05, 0) is 100 Å². The lowest BCUT2D eigenvalue weighted by Crippen LogP contribution is -2.74. The summed E-state index contributed by atoms with van der Waals surface area (Å²) in [6.07, 6.45) is 0. The van der Waals surface area contributed by atoms with Crippen LogP contribution in [0.5, 0.6) is 0 Å². The lowest BCUT2D eigenvalue weighted by Gasteiger charge is -2.37. The minimum atomic E-state index is -2.76. The maximum Gasteiger partial charge on any atom is 0.179 e. The molecule has 0 aliphatic heterocycles. The van der Waals surface area contributed by atoms with E-state index >= 15 is 0 Å². The molecule has 0 N–H and O–H groups in total. The molecule has 0 saturated heterocycles. The quantitative estimate of drug-likeness (QED) is 0.111. The summed E-state index contributed by atoms with van der Waals surface area (Å²) in [5.74, 6) is 0. The first-order chi connectivity index (χ1) is 31.5. The zero-order valence-corrected chi connectivity index (χ0v) is 39.3. The van der Waals surface area contributed by atoms with E-state index in [1.165, 1.54) is 87.1 Å². The van der Waals surface area contributed by atoms with Crippen LogP contribution in [0.25, 0.3) is 38.6 Å². The second-order valence-electron chi connectivity index (χ2n) is 20.1. The summed E-state index contributed by atoms with van der Waals surface area (Å²) in [6.45, 7) is 14.0. The number of hydrogen-bond acceptors (Lipinski definition) is 0. The average molecular weight is 854 g/mol. The van der Waals surface area contributed by atoms with Gasteiger partial charge in [-0.1, -0.05) is 242 Å². The third kappa shape index (κ3) is 6.33. The molecule has 0 unspecified atom stereocenters.